The minimum atomic E-state index is -3.89. The predicted molar refractivity (Wildman–Crippen MR) is 127 cm³/mol. The highest BCUT2D eigenvalue weighted by Crippen LogP contribution is 2.31. The van der Waals surface area contributed by atoms with Gasteiger partial charge in [-0.05, 0) is 43.4 Å². The molecule has 1 amide bonds. The number of hydrogen-bond donors (Lipinski definition) is 1. The fourth-order valence-corrected chi connectivity index (χ4v) is 6.46. The van der Waals surface area contributed by atoms with Crippen molar-refractivity contribution in [2.24, 2.45) is 0 Å². The fraction of sp³-hybridized carbons (Fsp3) is 0.375. The van der Waals surface area contributed by atoms with Gasteiger partial charge in [0.15, 0.2) is 0 Å². The number of piperazine rings is 1. The van der Waals surface area contributed by atoms with Crippen LogP contribution in [0.25, 0.3) is 10.9 Å². The molecule has 0 atom stereocenters. The molecule has 1 aliphatic carbocycles. The average Bonchev–Trinajstić information content (AvgIpc) is 3.04. The zero-order valence-electron chi connectivity index (χ0n) is 18.7. The van der Waals surface area contributed by atoms with Gasteiger partial charge in [0.05, 0.1) is 20.9 Å². The van der Waals surface area contributed by atoms with Crippen molar-refractivity contribution in [1.29, 1.82) is 0 Å². The van der Waals surface area contributed by atoms with Crippen LogP contribution >= 0.6 is 0 Å². The molecule has 0 spiro atoms. The fourth-order valence-electron chi connectivity index (χ4n) is 4.99. The van der Waals surface area contributed by atoms with Crippen molar-refractivity contribution in [2.45, 2.75) is 37.0 Å². The van der Waals surface area contributed by atoms with E-state index in [4.69, 9.17) is 0 Å². The van der Waals surface area contributed by atoms with Crippen molar-refractivity contribution >= 4 is 32.5 Å². The number of non-ortho nitro benzene ring substituents is 1. The van der Waals surface area contributed by atoms with Gasteiger partial charge in [0, 0.05) is 49.4 Å². The molecule has 2 aliphatic rings. The first-order chi connectivity index (χ1) is 16.4. The molecule has 1 aliphatic heterocycles. The first kappa shape index (κ1) is 22.5. The van der Waals surface area contributed by atoms with Gasteiger partial charge in [-0.15, -0.1) is 0 Å². The molecule has 9 nitrogen and oxygen atoms in total. The van der Waals surface area contributed by atoms with Crippen LogP contribution in [-0.2, 0) is 22.9 Å². The highest BCUT2D eigenvalue weighted by Gasteiger charge is 2.32. The number of nitro benzene ring substituents is 1. The smallest absolute Gasteiger partial charge is 0.270 e. The summed E-state index contributed by atoms with van der Waals surface area (Å²) in [5.41, 5.74) is 3.74. The summed E-state index contributed by atoms with van der Waals surface area (Å²) in [6, 6.07) is 10.9. The van der Waals surface area contributed by atoms with Gasteiger partial charge in [-0.25, -0.2) is 8.42 Å². The number of H-pyrrole nitrogens is 1. The van der Waals surface area contributed by atoms with Crippen LogP contribution in [0.1, 0.15) is 40.9 Å². The van der Waals surface area contributed by atoms with Crippen LogP contribution in [0.15, 0.2) is 47.4 Å². The molecule has 0 radical (unpaired) electrons. The third-order valence-corrected chi connectivity index (χ3v) is 8.70. The van der Waals surface area contributed by atoms with Gasteiger partial charge in [0.25, 0.3) is 11.6 Å². The number of sulfonamides is 1. The lowest BCUT2D eigenvalue weighted by molar-refractivity contribution is -0.385. The number of aryl methyl sites for hydroxylation is 2. The monoisotopic (exact) mass is 482 g/mol. The maximum atomic E-state index is 13.4. The van der Waals surface area contributed by atoms with Crippen LogP contribution < -0.4 is 0 Å². The number of carbonyl (C=O) groups is 1. The Labute approximate surface area is 197 Å². The molecule has 1 aromatic heterocycles. The van der Waals surface area contributed by atoms with Gasteiger partial charge >= 0.3 is 0 Å². The lowest BCUT2D eigenvalue weighted by Crippen LogP contribution is -2.50. The molecule has 10 heteroatoms. The Morgan fingerprint density at radius 2 is 1.71 bits per heavy atom. The minimum Gasteiger partial charge on any atom is -0.358 e. The normalized spacial score (nSPS) is 17.4. The Kier molecular flexibility index (Phi) is 5.86. The van der Waals surface area contributed by atoms with Crippen LogP contribution in [0.3, 0.4) is 0 Å². The number of carbonyl (C=O) groups excluding carboxylic acids is 1. The van der Waals surface area contributed by atoms with Gasteiger partial charge in [-0.3, -0.25) is 14.9 Å². The Bertz CT molecular complexity index is 1370. The van der Waals surface area contributed by atoms with E-state index in [0.29, 0.717) is 5.56 Å². The molecule has 178 valence electrons. The second-order valence-electron chi connectivity index (χ2n) is 8.82. The van der Waals surface area contributed by atoms with Gasteiger partial charge in [-0.1, -0.05) is 24.6 Å². The van der Waals surface area contributed by atoms with Crippen molar-refractivity contribution in [1.82, 2.24) is 14.2 Å². The van der Waals surface area contributed by atoms with Gasteiger partial charge in [0.1, 0.15) is 0 Å². The first-order valence-electron chi connectivity index (χ1n) is 11.5. The molecule has 5 rings (SSSR count). The molecule has 1 fully saturated rings. The van der Waals surface area contributed by atoms with Gasteiger partial charge < -0.3 is 9.88 Å². The molecule has 2 aromatic carbocycles. The number of hydrogen-bond acceptors (Lipinski definition) is 5. The maximum Gasteiger partial charge on any atom is 0.270 e. The number of nitrogens with one attached hydrogen (secondary N) is 1. The molecule has 2 heterocycles. The Hall–Kier alpha value is -3.24. The number of para-hydroxylation sites is 1. The summed E-state index contributed by atoms with van der Waals surface area (Å²) in [6.07, 6.45) is 5.52. The predicted octanol–water partition coefficient (Wildman–Crippen LogP) is 3.49. The topological polar surface area (TPSA) is 117 Å². The SMILES string of the molecule is O=C(c1cccc2c3c([nH]c12)CCCCC3)N1CCN(S(=O)(=O)c2cccc([N+](=O)[O-])c2)CC1. The third kappa shape index (κ3) is 3.97. The summed E-state index contributed by atoms with van der Waals surface area (Å²) in [7, 11) is -3.89. The Morgan fingerprint density at radius 1 is 0.971 bits per heavy atom. The number of fused-ring (bicyclic) bond motifs is 3. The van der Waals surface area contributed by atoms with Gasteiger partial charge in [0.2, 0.25) is 10.0 Å². The van der Waals surface area contributed by atoms with Gasteiger partial charge in [-0.2, -0.15) is 4.31 Å². The number of amides is 1. The van der Waals surface area contributed by atoms with E-state index >= 15 is 0 Å². The summed E-state index contributed by atoms with van der Waals surface area (Å²) in [4.78, 5) is 28.9. The van der Waals surface area contributed by atoms with E-state index in [0.717, 1.165) is 42.7 Å². The van der Waals surface area contributed by atoms with Crippen molar-refractivity contribution in [3.05, 3.63) is 69.4 Å². The molecular formula is C24H26N4O5S. The number of aromatic amines is 1. The molecule has 0 bridgehead atoms. The lowest BCUT2D eigenvalue weighted by atomic mass is 10.0. The van der Waals surface area contributed by atoms with E-state index < -0.39 is 14.9 Å². The lowest BCUT2D eigenvalue weighted by Gasteiger charge is -2.34. The standard InChI is InChI=1S/C24H26N4O5S/c29-24(21-10-5-9-20-19-8-2-1-3-11-22(19)25-23(20)21)26-12-14-27(15-13-26)34(32,33)18-7-4-6-17(16-18)28(30)31/h4-7,9-10,16,25H,1-3,8,11-15H2. The second kappa shape index (κ2) is 8.84. The molecule has 34 heavy (non-hydrogen) atoms. The van der Waals surface area contributed by atoms with E-state index in [9.17, 15) is 23.3 Å². The van der Waals surface area contributed by atoms with E-state index in [1.807, 2.05) is 12.1 Å². The van der Waals surface area contributed by atoms with E-state index in [1.165, 1.54) is 40.2 Å². The van der Waals surface area contributed by atoms with Crippen LogP contribution in [0.5, 0.6) is 0 Å². The Morgan fingerprint density at radius 3 is 2.47 bits per heavy atom. The highest BCUT2D eigenvalue weighted by molar-refractivity contribution is 7.89. The first-order valence-corrected chi connectivity index (χ1v) is 13.0. The highest BCUT2D eigenvalue weighted by atomic mass is 32.2. The van der Waals surface area contributed by atoms with Crippen molar-refractivity contribution in [3.63, 3.8) is 0 Å². The molecule has 1 N–H and O–H groups in total. The average molecular weight is 483 g/mol. The molecule has 0 saturated carbocycles. The number of nitro groups is 1. The number of aromatic nitrogens is 1. The van der Waals surface area contributed by atoms with Crippen LogP contribution in [0.4, 0.5) is 5.69 Å². The zero-order valence-corrected chi connectivity index (χ0v) is 19.5. The number of nitrogens with zero attached hydrogens (tertiary/aromatic N) is 3. The largest absolute Gasteiger partial charge is 0.358 e. The second-order valence-corrected chi connectivity index (χ2v) is 10.8. The van der Waals surface area contributed by atoms with Crippen LogP contribution in [0.2, 0.25) is 0 Å². The summed E-state index contributed by atoms with van der Waals surface area (Å²) in [5.74, 6) is -0.116. The minimum absolute atomic E-state index is 0.112. The zero-order chi connectivity index (χ0) is 23.9. The van der Waals surface area contributed by atoms with Crippen LogP contribution in [-0.4, -0.2) is 59.6 Å². The number of rotatable bonds is 4. The Balaban J connectivity index is 1.34. The van der Waals surface area contributed by atoms with Crippen molar-refractivity contribution in [3.8, 4) is 0 Å². The molecule has 1 saturated heterocycles. The molecular weight excluding hydrogens is 456 g/mol. The summed E-state index contributed by atoms with van der Waals surface area (Å²) < 4.78 is 27.3. The summed E-state index contributed by atoms with van der Waals surface area (Å²) in [5, 5.41) is 12.1. The number of benzene rings is 2. The maximum absolute atomic E-state index is 13.4. The van der Waals surface area contributed by atoms with E-state index in [-0.39, 0.29) is 42.7 Å². The molecule has 3 aromatic rings. The summed E-state index contributed by atoms with van der Waals surface area (Å²) in [6.45, 7) is 0.773. The third-order valence-electron chi connectivity index (χ3n) is 6.81. The van der Waals surface area contributed by atoms with E-state index in [2.05, 4.69) is 11.1 Å². The van der Waals surface area contributed by atoms with Crippen molar-refractivity contribution in [2.75, 3.05) is 26.2 Å². The quantitative estimate of drug-likeness (QED) is 0.347. The van der Waals surface area contributed by atoms with Crippen LogP contribution in [0, 0.1) is 10.1 Å². The summed E-state index contributed by atoms with van der Waals surface area (Å²) >= 11 is 0. The van der Waals surface area contributed by atoms with E-state index in [1.54, 1.807) is 4.90 Å². The molecule has 0 unspecified atom stereocenters. The van der Waals surface area contributed by atoms with Crippen molar-refractivity contribution < 1.29 is 18.1 Å².